The van der Waals surface area contributed by atoms with Crippen molar-refractivity contribution in [2.45, 2.75) is 43.7 Å². The largest absolute Gasteiger partial charge is 0.488 e. The number of carbonyl (C=O) groups is 2. The predicted molar refractivity (Wildman–Crippen MR) is 135 cm³/mol. The number of hydrogen-bond donors (Lipinski definition) is 2. The SMILES string of the molecule is C[C@@H]1CN([C@H](C)CO)C(=O)c2cc(NC(=O)C3CC3)ccc2O[C@@H]1CN(C)S(=O)(=O)c1ccccc1. The van der Waals surface area contributed by atoms with Crippen molar-refractivity contribution >= 4 is 27.5 Å². The minimum absolute atomic E-state index is 0.0113. The first-order chi connectivity index (χ1) is 17.1. The first kappa shape index (κ1) is 26.1. The standard InChI is InChI=1S/C26H33N3O6S/c1-17-14-29(18(2)16-30)26(32)22-13-20(27-25(31)19-9-10-19)11-12-23(22)35-24(17)15-28(3)36(33,34)21-7-5-4-6-8-21/h4-8,11-13,17-19,24,30H,9-10,14-16H2,1-3H3,(H,27,31)/t17-,18-,24-/m1/s1. The Morgan fingerprint density at radius 3 is 2.56 bits per heavy atom. The normalized spacial score (nSPS) is 21.2. The average Bonchev–Trinajstić information content (AvgIpc) is 3.72. The highest BCUT2D eigenvalue weighted by molar-refractivity contribution is 7.89. The summed E-state index contributed by atoms with van der Waals surface area (Å²) in [4.78, 5) is 27.5. The number of aliphatic hydroxyl groups is 1. The molecule has 0 saturated heterocycles. The van der Waals surface area contributed by atoms with Crippen LogP contribution in [0.15, 0.2) is 53.4 Å². The van der Waals surface area contributed by atoms with Crippen LogP contribution in [0.2, 0.25) is 0 Å². The Labute approximate surface area is 212 Å². The van der Waals surface area contributed by atoms with Crippen LogP contribution in [0.3, 0.4) is 0 Å². The highest BCUT2D eigenvalue weighted by atomic mass is 32.2. The first-order valence-electron chi connectivity index (χ1n) is 12.2. The van der Waals surface area contributed by atoms with Gasteiger partial charge in [-0.1, -0.05) is 25.1 Å². The van der Waals surface area contributed by atoms with Gasteiger partial charge in [0.2, 0.25) is 15.9 Å². The number of ether oxygens (including phenoxy) is 1. The van der Waals surface area contributed by atoms with Crippen LogP contribution in [0, 0.1) is 11.8 Å². The van der Waals surface area contributed by atoms with Gasteiger partial charge >= 0.3 is 0 Å². The zero-order valence-electron chi connectivity index (χ0n) is 20.8. The molecule has 9 nitrogen and oxygen atoms in total. The number of hydrogen-bond acceptors (Lipinski definition) is 6. The molecule has 0 bridgehead atoms. The zero-order valence-corrected chi connectivity index (χ0v) is 21.6. The lowest BCUT2D eigenvalue weighted by Gasteiger charge is -2.38. The topological polar surface area (TPSA) is 116 Å². The van der Waals surface area contributed by atoms with Crippen LogP contribution < -0.4 is 10.1 Å². The van der Waals surface area contributed by atoms with Gasteiger partial charge < -0.3 is 20.1 Å². The van der Waals surface area contributed by atoms with E-state index in [-0.39, 0.29) is 53.8 Å². The molecule has 194 valence electrons. The van der Waals surface area contributed by atoms with Gasteiger partial charge in [0.1, 0.15) is 11.9 Å². The quantitative estimate of drug-likeness (QED) is 0.558. The number of nitrogens with zero attached hydrogens (tertiary/aromatic N) is 2. The summed E-state index contributed by atoms with van der Waals surface area (Å²) in [6.07, 6.45) is 1.15. The summed E-state index contributed by atoms with van der Waals surface area (Å²) in [5.41, 5.74) is 0.752. The van der Waals surface area contributed by atoms with Crippen molar-refractivity contribution < 1.29 is 27.9 Å². The zero-order chi connectivity index (χ0) is 26.0. The molecule has 36 heavy (non-hydrogen) atoms. The summed E-state index contributed by atoms with van der Waals surface area (Å²) in [7, 11) is -2.23. The predicted octanol–water partition coefficient (Wildman–Crippen LogP) is 2.58. The highest BCUT2D eigenvalue weighted by Crippen LogP contribution is 2.33. The molecule has 1 aliphatic carbocycles. The monoisotopic (exact) mass is 515 g/mol. The number of fused-ring (bicyclic) bond motifs is 1. The number of amides is 2. The van der Waals surface area contributed by atoms with Crippen LogP contribution in [0.5, 0.6) is 5.75 Å². The maximum absolute atomic E-state index is 13.5. The summed E-state index contributed by atoms with van der Waals surface area (Å²) in [5.74, 6) is -0.309. The van der Waals surface area contributed by atoms with Crippen molar-refractivity contribution in [1.29, 1.82) is 0 Å². The third kappa shape index (κ3) is 5.55. The van der Waals surface area contributed by atoms with Crippen LogP contribution in [0.25, 0.3) is 0 Å². The molecule has 2 aromatic rings. The Bertz CT molecular complexity index is 1220. The van der Waals surface area contributed by atoms with E-state index in [4.69, 9.17) is 4.74 Å². The Balaban J connectivity index is 1.65. The van der Waals surface area contributed by atoms with Crippen molar-refractivity contribution in [3.05, 3.63) is 54.1 Å². The number of sulfonamides is 1. The lowest BCUT2D eigenvalue weighted by atomic mass is 9.99. The molecule has 4 rings (SSSR count). The van der Waals surface area contributed by atoms with Crippen LogP contribution in [-0.4, -0.2) is 73.4 Å². The van der Waals surface area contributed by atoms with Crippen LogP contribution in [-0.2, 0) is 14.8 Å². The van der Waals surface area contributed by atoms with Crippen molar-refractivity contribution in [2.24, 2.45) is 11.8 Å². The van der Waals surface area contributed by atoms with Crippen molar-refractivity contribution in [2.75, 3.05) is 32.1 Å². The van der Waals surface area contributed by atoms with Gasteiger partial charge in [0, 0.05) is 31.1 Å². The molecule has 3 atom stereocenters. The second kappa shape index (κ2) is 10.6. The molecule has 0 spiro atoms. The maximum atomic E-state index is 13.5. The van der Waals surface area contributed by atoms with E-state index in [2.05, 4.69) is 5.32 Å². The van der Waals surface area contributed by atoms with E-state index in [1.54, 1.807) is 60.4 Å². The fraction of sp³-hybridized carbons (Fsp3) is 0.462. The molecule has 2 aromatic carbocycles. The number of carbonyl (C=O) groups excluding carboxylic acids is 2. The van der Waals surface area contributed by atoms with Gasteiger partial charge in [-0.3, -0.25) is 9.59 Å². The number of rotatable bonds is 8. The average molecular weight is 516 g/mol. The van der Waals surface area contributed by atoms with Crippen molar-refractivity contribution in [3.8, 4) is 5.75 Å². The molecule has 1 heterocycles. The molecule has 2 N–H and O–H groups in total. The highest BCUT2D eigenvalue weighted by Gasteiger charge is 2.36. The maximum Gasteiger partial charge on any atom is 0.258 e. The third-order valence-electron chi connectivity index (χ3n) is 6.77. The minimum atomic E-state index is -3.74. The van der Waals surface area contributed by atoms with Gasteiger partial charge in [0.05, 0.1) is 29.7 Å². The fourth-order valence-corrected chi connectivity index (χ4v) is 5.44. The first-order valence-corrected chi connectivity index (χ1v) is 13.6. The van der Waals surface area contributed by atoms with Gasteiger partial charge in [0.25, 0.3) is 5.91 Å². The molecular formula is C26H33N3O6S. The molecule has 0 unspecified atom stereocenters. The lowest BCUT2D eigenvalue weighted by molar-refractivity contribution is -0.117. The Kier molecular flexibility index (Phi) is 7.67. The molecule has 0 radical (unpaired) electrons. The minimum Gasteiger partial charge on any atom is -0.488 e. The fourth-order valence-electron chi connectivity index (χ4n) is 4.23. The van der Waals surface area contributed by atoms with Crippen LogP contribution in [0.4, 0.5) is 5.69 Å². The Hall–Kier alpha value is -2.95. The molecule has 2 aliphatic rings. The van der Waals surface area contributed by atoms with E-state index in [1.807, 2.05) is 6.92 Å². The number of aliphatic hydroxyl groups excluding tert-OH is 1. The van der Waals surface area contributed by atoms with Crippen molar-refractivity contribution in [1.82, 2.24) is 9.21 Å². The van der Waals surface area contributed by atoms with Gasteiger partial charge in [-0.15, -0.1) is 0 Å². The van der Waals surface area contributed by atoms with E-state index in [9.17, 15) is 23.1 Å². The number of likely N-dealkylation sites (N-methyl/N-ethyl adjacent to an activating group) is 1. The summed E-state index contributed by atoms with van der Waals surface area (Å²) in [6.45, 7) is 3.76. The summed E-state index contributed by atoms with van der Waals surface area (Å²) in [6, 6.07) is 12.6. The number of nitrogens with one attached hydrogen (secondary N) is 1. The van der Waals surface area contributed by atoms with Gasteiger partial charge in [-0.25, -0.2) is 8.42 Å². The lowest BCUT2D eigenvalue weighted by Crippen LogP contribution is -2.50. The number of benzene rings is 2. The Morgan fingerprint density at radius 2 is 1.92 bits per heavy atom. The molecule has 1 fully saturated rings. The molecule has 1 saturated carbocycles. The second-order valence-corrected chi connectivity index (χ2v) is 11.7. The smallest absolute Gasteiger partial charge is 0.258 e. The molecular weight excluding hydrogens is 482 g/mol. The molecule has 10 heteroatoms. The van der Waals surface area contributed by atoms with Gasteiger partial charge in [-0.05, 0) is 50.1 Å². The summed E-state index contributed by atoms with van der Waals surface area (Å²) < 4.78 is 33.8. The van der Waals surface area contributed by atoms with E-state index in [0.717, 1.165) is 12.8 Å². The Morgan fingerprint density at radius 1 is 1.22 bits per heavy atom. The number of anilines is 1. The molecule has 0 aromatic heterocycles. The third-order valence-corrected chi connectivity index (χ3v) is 8.61. The molecule has 2 amide bonds. The van der Waals surface area contributed by atoms with Gasteiger partial charge in [-0.2, -0.15) is 4.31 Å². The van der Waals surface area contributed by atoms with E-state index >= 15 is 0 Å². The second-order valence-electron chi connectivity index (χ2n) is 9.70. The van der Waals surface area contributed by atoms with E-state index in [0.29, 0.717) is 11.4 Å². The molecule has 1 aliphatic heterocycles. The van der Waals surface area contributed by atoms with Crippen LogP contribution >= 0.6 is 0 Å². The summed E-state index contributed by atoms with van der Waals surface area (Å²) in [5, 5.41) is 12.7. The van der Waals surface area contributed by atoms with E-state index < -0.39 is 22.2 Å². The van der Waals surface area contributed by atoms with E-state index in [1.165, 1.54) is 11.4 Å². The summed E-state index contributed by atoms with van der Waals surface area (Å²) >= 11 is 0. The van der Waals surface area contributed by atoms with Gasteiger partial charge in [0.15, 0.2) is 0 Å². The van der Waals surface area contributed by atoms with Crippen molar-refractivity contribution in [3.63, 3.8) is 0 Å². The van der Waals surface area contributed by atoms with Crippen LogP contribution in [0.1, 0.15) is 37.0 Å².